The zero-order chi connectivity index (χ0) is 11.8. The van der Waals surface area contributed by atoms with Crippen molar-refractivity contribution in [1.82, 2.24) is 4.31 Å². The zero-order valence-electron chi connectivity index (χ0n) is 10.3. The fourth-order valence-electron chi connectivity index (χ4n) is 2.37. The number of hydrogen-bond acceptors (Lipinski definition) is 3. The van der Waals surface area contributed by atoms with Gasteiger partial charge in [-0.15, -0.1) is 12.4 Å². The van der Waals surface area contributed by atoms with Gasteiger partial charge in [-0.2, -0.15) is 0 Å². The molecule has 2 aliphatic rings. The average Bonchev–Trinajstić information content (AvgIpc) is 3.01. The fraction of sp³-hybridized carbons (Fsp3) is 1.00. The molecule has 6 heteroatoms. The van der Waals surface area contributed by atoms with Gasteiger partial charge in [0, 0.05) is 19.1 Å². The minimum Gasteiger partial charge on any atom is -0.328 e. The van der Waals surface area contributed by atoms with Gasteiger partial charge in [-0.1, -0.05) is 0 Å². The zero-order valence-corrected chi connectivity index (χ0v) is 12.0. The van der Waals surface area contributed by atoms with Crippen LogP contribution in [0, 0.1) is 11.8 Å². The van der Waals surface area contributed by atoms with Crippen LogP contribution in [0.3, 0.4) is 0 Å². The molecule has 2 fully saturated rings. The lowest BCUT2D eigenvalue weighted by Gasteiger charge is -2.32. The molecule has 1 aliphatic heterocycles. The molecule has 2 rings (SSSR count). The standard InChI is InChI=1S/C11H22N2O2S.ClH/c1-9(12)11-4-6-13(7-5-11)16(14,15)8-10-2-3-10;/h9-11H,2-8,12H2,1H3;1H. The summed E-state index contributed by atoms with van der Waals surface area (Å²) >= 11 is 0. The second-order valence-electron chi connectivity index (χ2n) is 5.32. The molecule has 1 aliphatic carbocycles. The van der Waals surface area contributed by atoms with E-state index in [-0.39, 0.29) is 18.4 Å². The third-order valence-electron chi connectivity index (χ3n) is 3.78. The molecular weight excluding hydrogens is 260 g/mol. The molecule has 1 unspecified atom stereocenters. The van der Waals surface area contributed by atoms with Crippen molar-refractivity contribution in [2.24, 2.45) is 17.6 Å². The van der Waals surface area contributed by atoms with E-state index in [4.69, 9.17) is 5.73 Å². The number of piperidine rings is 1. The van der Waals surface area contributed by atoms with Gasteiger partial charge in [0.05, 0.1) is 5.75 Å². The maximum absolute atomic E-state index is 12.0. The maximum Gasteiger partial charge on any atom is 0.214 e. The van der Waals surface area contributed by atoms with Crippen LogP contribution in [-0.2, 0) is 10.0 Å². The van der Waals surface area contributed by atoms with Gasteiger partial charge in [-0.05, 0) is 44.4 Å². The molecule has 17 heavy (non-hydrogen) atoms. The second-order valence-corrected chi connectivity index (χ2v) is 7.33. The number of nitrogens with two attached hydrogens (primary N) is 1. The van der Waals surface area contributed by atoms with Crippen LogP contribution >= 0.6 is 12.4 Å². The van der Waals surface area contributed by atoms with Crippen molar-refractivity contribution in [1.29, 1.82) is 0 Å². The van der Waals surface area contributed by atoms with Crippen molar-refractivity contribution in [2.45, 2.75) is 38.6 Å². The molecule has 0 spiro atoms. The molecule has 1 heterocycles. The molecule has 4 nitrogen and oxygen atoms in total. The molecular formula is C11H23ClN2O2S. The number of sulfonamides is 1. The fourth-order valence-corrected chi connectivity index (χ4v) is 4.27. The molecule has 0 aromatic heterocycles. The molecule has 0 amide bonds. The van der Waals surface area contributed by atoms with Crippen LogP contribution < -0.4 is 5.73 Å². The molecule has 1 atom stereocenters. The molecule has 1 saturated carbocycles. The summed E-state index contributed by atoms with van der Waals surface area (Å²) in [7, 11) is -2.98. The summed E-state index contributed by atoms with van der Waals surface area (Å²) in [5.41, 5.74) is 5.84. The van der Waals surface area contributed by atoms with E-state index >= 15 is 0 Å². The number of halogens is 1. The first-order chi connectivity index (χ1) is 7.49. The summed E-state index contributed by atoms with van der Waals surface area (Å²) in [6.07, 6.45) is 4.02. The Hall–Kier alpha value is 0.160. The average molecular weight is 283 g/mol. The van der Waals surface area contributed by atoms with E-state index in [0.29, 0.717) is 30.7 Å². The molecule has 102 valence electrons. The van der Waals surface area contributed by atoms with Gasteiger partial charge in [0.15, 0.2) is 0 Å². The van der Waals surface area contributed by atoms with E-state index in [1.54, 1.807) is 4.31 Å². The molecule has 1 saturated heterocycles. The minimum atomic E-state index is -2.98. The van der Waals surface area contributed by atoms with Gasteiger partial charge in [0.25, 0.3) is 0 Å². The first-order valence-corrected chi connectivity index (χ1v) is 7.83. The summed E-state index contributed by atoms with van der Waals surface area (Å²) < 4.78 is 25.7. The van der Waals surface area contributed by atoms with E-state index in [9.17, 15) is 8.42 Å². The number of nitrogens with zero attached hydrogens (tertiary/aromatic N) is 1. The van der Waals surface area contributed by atoms with Crippen molar-refractivity contribution >= 4 is 22.4 Å². The first-order valence-electron chi connectivity index (χ1n) is 6.22. The highest BCUT2D eigenvalue weighted by atomic mass is 35.5. The molecule has 0 radical (unpaired) electrons. The quantitative estimate of drug-likeness (QED) is 0.843. The smallest absolute Gasteiger partial charge is 0.214 e. The summed E-state index contributed by atoms with van der Waals surface area (Å²) in [5, 5.41) is 0. The Morgan fingerprint density at radius 2 is 1.76 bits per heavy atom. The van der Waals surface area contributed by atoms with Crippen LogP contribution in [0.25, 0.3) is 0 Å². The van der Waals surface area contributed by atoms with Crippen LogP contribution in [0.1, 0.15) is 32.6 Å². The van der Waals surface area contributed by atoms with Gasteiger partial charge in [0.1, 0.15) is 0 Å². The van der Waals surface area contributed by atoms with Crippen molar-refractivity contribution in [3.05, 3.63) is 0 Å². The van der Waals surface area contributed by atoms with Crippen molar-refractivity contribution in [2.75, 3.05) is 18.8 Å². The Morgan fingerprint density at radius 1 is 1.24 bits per heavy atom. The Bertz CT molecular complexity index is 333. The minimum absolute atomic E-state index is 0. The van der Waals surface area contributed by atoms with Crippen molar-refractivity contribution in [3.8, 4) is 0 Å². The highest BCUT2D eigenvalue weighted by Gasteiger charge is 2.34. The summed E-state index contributed by atoms with van der Waals surface area (Å²) in [6.45, 7) is 3.35. The van der Waals surface area contributed by atoms with Gasteiger partial charge in [-0.3, -0.25) is 0 Å². The maximum atomic E-state index is 12.0. The molecule has 0 bridgehead atoms. The Balaban J connectivity index is 0.00000144. The lowest BCUT2D eigenvalue weighted by atomic mass is 9.92. The van der Waals surface area contributed by atoms with Crippen LogP contribution in [0.4, 0.5) is 0 Å². The third kappa shape index (κ3) is 4.09. The van der Waals surface area contributed by atoms with Crippen molar-refractivity contribution in [3.63, 3.8) is 0 Å². The lowest BCUT2D eigenvalue weighted by molar-refractivity contribution is 0.250. The van der Waals surface area contributed by atoms with Crippen LogP contribution in [0.5, 0.6) is 0 Å². The first kappa shape index (κ1) is 15.2. The topological polar surface area (TPSA) is 63.4 Å². The molecule has 0 aromatic carbocycles. The molecule has 0 aromatic rings. The predicted molar refractivity (Wildman–Crippen MR) is 71.7 cm³/mol. The normalized spacial score (nSPS) is 25.3. The summed E-state index contributed by atoms with van der Waals surface area (Å²) in [5.74, 6) is 1.30. The van der Waals surface area contributed by atoms with Crippen LogP contribution in [-0.4, -0.2) is 37.6 Å². The van der Waals surface area contributed by atoms with E-state index < -0.39 is 10.0 Å². The Morgan fingerprint density at radius 3 is 2.18 bits per heavy atom. The number of hydrogen-bond donors (Lipinski definition) is 1. The summed E-state index contributed by atoms with van der Waals surface area (Å²) in [4.78, 5) is 0. The third-order valence-corrected chi connectivity index (χ3v) is 5.82. The van der Waals surface area contributed by atoms with E-state index in [0.717, 1.165) is 25.7 Å². The van der Waals surface area contributed by atoms with Gasteiger partial charge >= 0.3 is 0 Å². The Kier molecular flexibility index (Phi) is 5.25. The van der Waals surface area contributed by atoms with Crippen LogP contribution in [0.15, 0.2) is 0 Å². The number of rotatable bonds is 4. The van der Waals surface area contributed by atoms with Gasteiger partial charge in [0.2, 0.25) is 10.0 Å². The highest BCUT2D eigenvalue weighted by molar-refractivity contribution is 7.89. The Labute approximate surface area is 110 Å². The monoisotopic (exact) mass is 282 g/mol. The van der Waals surface area contributed by atoms with E-state index in [1.807, 2.05) is 6.92 Å². The van der Waals surface area contributed by atoms with E-state index in [2.05, 4.69) is 0 Å². The van der Waals surface area contributed by atoms with Crippen molar-refractivity contribution < 1.29 is 8.42 Å². The van der Waals surface area contributed by atoms with E-state index in [1.165, 1.54) is 0 Å². The second kappa shape index (κ2) is 5.87. The predicted octanol–water partition coefficient (Wildman–Crippen LogP) is 1.21. The molecule has 2 N–H and O–H groups in total. The largest absolute Gasteiger partial charge is 0.328 e. The highest BCUT2D eigenvalue weighted by Crippen LogP contribution is 2.32. The van der Waals surface area contributed by atoms with Gasteiger partial charge < -0.3 is 5.73 Å². The SMILES string of the molecule is CC(N)C1CCN(S(=O)(=O)CC2CC2)CC1.Cl. The van der Waals surface area contributed by atoms with Crippen LogP contribution in [0.2, 0.25) is 0 Å². The lowest BCUT2D eigenvalue weighted by Crippen LogP contribution is -2.43. The summed E-state index contributed by atoms with van der Waals surface area (Å²) in [6, 6.07) is 0.188. The van der Waals surface area contributed by atoms with Gasteiger partial charge in [-0.25, -0.2) is 12.7 Å².